The van der Waals surface area contributed by atoms with E-state index in [9.17, 15) is 4.39 Å². The molecular weight excluding hydrogens is 367 g/mol. The van der Waals surface area contributed by atoms with Crippen LogP contribution in [0, 0.1) is 0 Å². The van der Waals surface area contributed by atoms with Crippen LogP contribution in [0.15, 0.2) is 66.1 Å². The molecule has 0 radical (unpaired) electrons. The Morgan fingerprint density at radius 2 is 2.10 bits per heavy atom. The minimum absolute atomic E-state index is 0.222. The van der Waals surface area contributed by atoms with Crippen molar-refractivity contribution in [2.45, 2.75) is 25.3 Å². The van der Waals surface area contributed by atoms with Gasteiger partial charge in [-0.15, -0.1) is 0 Å². The summed E-state index contributed by atoms with van der Waals surface area (Å²) < 4.78 is 13.6. The van der Waals surface area contributed by atoms with Gasteiger partial charge in [-0.3, -0.25) is 9.98 Å². The number of nitrogens with zero attached hydrogens (tertiary/aromatic N) is 5. The maximum absolute atomic E-state index is 13.6. The van der Waals surface area contributed by atoms with Crippen molar-refractivity contribution in [3.05, 3.63) is 61.1 Å². The summed E-state index contributed by atoms with van der Waals surface area (Å²) in [7, 11) is 2.08. The number of aromatic nitrogens is 2. The van der Waals surface area contributed by atoms with Crippen LogP contribution in [0.4, 0.5) is 15.9 Å². The number of fused-ring (bicyclic) bond motifs is 1. The molecule has 1 N–H and O–H groups in total. The number of hydrogen-bond donors (Lipinski definition) is 1. The molecule has 2 aliphatic heterocycles. The van der Waals surface area contributed by atoms with Gasteiger partial charge >= 0.3 is 0 Å². The van der Waals surface area contributed by atoms with Gasteiger partial charge < -0.3 is 15.1 Å². The Morgan fingerprint density at radius 3 is 2.90 bits per heavy atom. The summed E-state index contributed by atoms with van der Waals surface area (Å²) in [6.07, 6.45) is 8.89. The third kappa shape index (κ3) is 4.29. The maximum atomic E-state index is 13.6. The van der Waals surface area contributed by atoms with Gasteiger partial charge in [-0.05, 0) is 37.1 Å². The number of aliphatic imine (C=N–C) groups is 1. The molecule has 2 aliphatic rings. The number of rotatable bonds is 4. The topological polar surface area (TPSA) is 56.7 Å². The van der Waals surface area contributed by atoms with Gasteiger partial charge in [0.25, 0.3) is 0 Å². The first-order valence-electron chi connectivity index (χ1n) is 9.85. The third-order valence-electron chi connectivity index (χ3n) is 5.18. The largest absolute Gasteiger partial charge is 0.372 e. The van der Waals surface area contributed by atoms with Crippen molar-refractivity contribution in [3.8, 4) is 11.3 Å². The summed E-state index contributed by atoms with van der Waals surface area (Å²) in [5, 5.41) is 3.31. The van der Waals surface area contributed by atoms with E-state index in [1.807, 2.05) is 24.4 Å². The molecule has 0 saturated carbocycles. The quantitative estimate of drug-likeness (QED) is 0.855. The zero-order valence-electron chi connectivity index (χ0n) is 16.6. The van der Waals surface area contributed by atoms with Gasteiger partial charge in [-0.1, -0.05) is 6.58 Å². The zero-order chi connectivity index (χ0) is 20.2. The highest BCUT2D eigenvalue weighted by atomic mass is 19.1. The first-order valence-corrected chi connectivity index (χ1v) is 9.85. The molecule has 0 aliphatic carbocycles. The van der Waals surface area contributed by atoms with Crippen LogP contribution < -0.4 is 15.1 Å². The lowest BCUT2D eigenvalue weighted by molar-refractivity contribution is 0.537. The van der Waals surface area contributed by atoms with Crippen molar-refractivity contribution in [1.29, 1.82) is 0 Å². The van der Waals surface area contributed by atoms with Crippen LogP contribution in [0.1, 0.15) is 19.3 Å². The molecule has 0 spiro atoms. The second-order valence-electron chi connectivity index (χ2n) is 7.34. The maximum Gasteiger partial charge on any atom is 0.158 e. The average molecular weight is 392 g/mol. The predicted octanol–water partition coefficient (Wildman–Crippen LogP) is 3.89. The van der Waals surface area contributed by atoms with Gasteiger partial charge in [0, 0.05) is 50.7 Å². The van der Waals surface area contributed by atoms with Crippen LogP contribution in [0.25, 0.3) is 11.3 Å². The Bertz CT molecular complexity index is 940. The molecule has 1 atom stereocenters. The van der Waals surface area contributed by atoms with Crippen molar-refractivity contribution in [2.24, 2.45) is 4.99 Å². The normalized spacial score (nSPS) is 19.1. The summed E-state index contributed by atoms with van der Waals surface area (Å²) in [4.78, 5) is 17.5. The van der Waals surface area contributed by atoms with Crippen LogP contribution in [0.3, 0.4) is 0 Å². The molecule has 2 aromatic rings. The molecule has 0 amide bonds. The number of hydrogen-bond acceptors (Lipinski definition) is 6. The van der Waals surface area contributed by atoms with E-state index in [0.29, 0.717) is 5.82 Å². The fourth-order valence-electron chi connectivity index (χ4n) is 3.64. The standard InChI is InChI=1S/C22H25FN6/c1-16(26-19-12-18(23)14-25-15-19)29-11-4-3-10-28(2)21-8-7-20(27-22(21)29)17-6-5-9-24-13-17/h5-9,13-15,19,26H,1,3-4,10-12H2,2H3. The molecule has 0 bridgehead atoms. The molecule has 29 heavy (non-hydrogen) atoms. The van der Waals surface area contributed by atoms with Crippen molar-refractivity contribution in [1.82, 2.24) is 15.3 Å². The van der Waals surface area contributed by atoms with Gasteiger partial charge in [0.05, 0.1) is 23.6 Å². The SMILES string of the molecule is C=C(NC1C=NC=C(F)C1)N1CCCCN(C)c2ccc(-c3cccnc3)nc21. The highest BCUT2D eigenvalue weighted by Crippen LogP contribution is 2.33. The molecule has 1 unspecified atom stereocenters. The average Bonchev–Trinajstić information content (AvgIpc) is 2.72. The van der Waals surface area contributed by atoms with Crippen molar-refractivity contribution in [2.75, 3.05) is 29.9 Å². The molecule has 6 nitrogen and oxygen atoms in total. The van der Waals surface area contributed by atoms with Gasteiger partial charge in [-0.2, -0.15) is 0 Å². The van der Waals surface area contributed by atoms with E-state index >= 15 is 0 Å². The first kappa shape index (κ1) is 19.1. The highest BCUT2D eigenvalue weighted by Gasteiger charge is 2.23. The van der Waals surface area contributed by atoms with E-state index in [2.05, 4.69) is 44.8 Å². The van der Waals surface area contributed by atoms with Crippen LogP contribution in [0.5, 0.6) is 0 Å². The fourth-order valence-corrected chi connectivity index (χ4v) is 3.64. The summed E-state index contributed by atoms with van der Waals surface area (Å²) in [6, 6.07) is 7.81. The van der Waals surface area contributed by atoms with E-state index in [1.165, 1.54) is 6.20 Å². The molecular formula is C22H25FN6. The van der Waals surface area contributed by atoms with Crippen LogP contribution in [0.2, 0.25) is 0 Å². The minimum Gasteiger partial charge on any atom is -0.372 e. The summed E-state index contributed by atoms with van der Waals surface area (Å²) in [6.45, 7) is 6.00. The molecule has 4 rings (SSSR count). The number of nitrogens with one attached hydrogen (secondary N) is 1. The van der Waals surface area contributed by atoms with E-state index in [-0.39, 0.29) is 18.3 Å². The zero-order valence-corrected chi connectivity index (χ0v) is 16.6. The van der Waals surface area contributed by atoms with Crippen LogP contribution in [-0.4, -0.2) is 42.4 Å². The highest BCUT2D eigenvalue weighted by molar-refractivity contribution is 5.74. The Hall–Kier alpha value is -3.22. The first-order chi connectivity index (χ1) is 14.1. The lowest BCUT2D eigenvalue weighted by atomic mass is 10.1. The molecule has 0 fully saturated rings. The van der Waals surface area contributed by atoms with Crippen LogP contribution in [-0.2, 0) is 0 Å². The van der Waals surface area contributed by atoms with E-state index in [1.54, 1.807) is 12.4 Å². The molecule has 4 heterocycles. The number of pyridine rings is 2. The van der Waals surface area contributed by atoms with E-state index in [4.69, 9.17) is 4.98 Å². The van der Waals surface area contributed by atoms with E-state index in [0.717, 1.165) is 48.7 Å². The lowest BCUT2D eigenvalue weighted by Gasteiger charge is -2.35. The fraction of sp³-hybridized carbons (Fsp3) is 0.318. The monoisotopic (exact) mass is 392 g/mol. The van der Waals surface area contributed by atoms with Gasteiger partial charge in [0.2, 0.25) is 0 Å². The number of halogens is 1. The Morgan fingerprint density at radius 1 is 1.24 bits per heavy atom. The Balaban J connectivity index is 1.67. The van der Waals surface area contributed by atoms with Crippen molar-refractivity contribution < 1.29 is 4.39 Å². The third-order valence-corrected chi connectivity index (χ3v) is 5.18. The number of anilines is 2. The van der Waals surface area contributed by atoms with E-state index < -0.39 is 0 Å². The van der Waals surface area contributed by atoms with Crippen molar-refractivity contribution in [3.63, 3.8) is 0 Å². The molecule has 7 heteroatoms. The summed E-state index contributed by atoms with van der Waals surface area (Å²) >= 11 is 0. The Kier molecular flexibility index (Phi) is 5.55. The lowest BCUT2D eigenvalue weighted by Crippen LogP contribution is -2.41. The van der Waals surface area contributed by atoms with Crippen LogP contribution >= 0.6 is 0 Å². The molecule has 0 saturated heterocycles. The molecule has 150 valence electrons. The second kappa shape index (κ2) is 8.43. The summed E-state index contributed by atoms with van der Waals surface area (Å²) in [5.41, 5.74) is 2.87. The minimum atomic E-state index is -0.234. The smallest absolute Gasteiger partial charge is 0.158 e. The van der Waals surface area contributed by atoms with Gasteiger partial charge in [-0.25, -0.2) is 9.37 Å². The van der Waals surface area contributed by atoms with Gasteiger partial charge in [0.1, 0.15) is 11.6 Å². The molecule has 2 aromatic heterocycles. The summed E-state index contributed by atoms with van der Waals surface area (Å²) in [5.74, 6) is 1.31. The van der Waals surface area contributed by atoms with Crippen molar-refractivity contribution >= 4 is 17.7 Å². The predicted molar refractivity (Wildman–Crippen MR) is 116 cm³/mol. The Labute approximate surface area is 170 Å². The van der Waals surface area contributed by atoms with Gasteiger partial charge in [0.15, 0.2) is 5.82 Å². The molecule has 0 aromatic carbocycles. The second-order valence-corrected chi connectivity index (χ2v) is 7.34.